The molecule has 1 aromatic rings. The first kappa shape index (κ1) is 23.5. The number of amides is 3. The Kier molecular flexibility index (Phi) is 6.52. The first-order valence-corrected chi connectivity index (χ1v) is 12.8. The maximum Gasteiger partial charge on any atom is 0.246 e. The quantitative estimate of drug-likeness (QED) is 0.527. The minimum atomic E-state index is -1.14. The molecule has 9 heteroatoms. The average Bonchev–Trinajstić information content (AvgIpc) is 3.47. The standard InChI is InChI=1S/C25H30BrN3O5/c1-33-14-13-29-21(23(31)28-16-5-3-2-4-6-16)25-12-11-18(34-25)19(20(25)24(29)32)22(30)27-17-9-7-15(26)8-10-17/h7-12,16,18-21H,2-6,13-14H2,1H3,(H,27,30)(H,28,31)/t18-,19-,20-,21+,25+/m1/s1. The molecule has 0 unspecified atom stereocenters. The fraction of sp³-hybridized carbons (Fsp3) is 0.560. The summed E-state index contributed by atoms with van der Waals surface area (Å²) in [6, 6.07) is 6.55. The van der Waals surface area contributed by atoms with Gasteiger partial charge in [0.15, 0.2) is 0 Å². The predicted molar refractivity (Wildman–Crippen MR) is 129 cm³/mol. The van der Waals surface area contributed by atoms with Gasteiger partial charge in [0, 0.05) is 29.9 Å². The van der Waals surface area contributed by atoms with Gasteiger partial charge in [0.1, 0.15) is 11.6 Å². The molecule has 3 amide bonds. The summed E-state index contributed by atoms with van der Waals surface area (Å²) >= 11 is 3.39. The van der Waals surface area contributed by atoms with Crippen molar-refractivity contribution in [1.82, 2.24) is 10.2 Å². The van der Waals surface area contributed by atoms with Crippen molar-refractivity contribution in [3.8, 4) is 0 Å². The molecule has 2 bridgehead atoms. The van der Waals surface area contributed by atoms with Crippen LogP contribution in [-0.2, 0) is 23.9 Å². The second-order valence-electron chi connectivity index (χ2n) is 9.57. The number of hydrogen-bond acceptors (Lipinski definition) is 5. The zero-order chi connectivity index (χ0) is 23.9. The lowest BCUT2D eigenvalue weighted by Gasteiger charge is -2.34. The topological polar surface area (TPSA) is 97.0 Å². The maximum absolute atomic E-state index is 13.7. The number of benzene rings is 1. The Morgan fingerprint density at radius 2 is 1.91 bits per heavy atom. The average molecular weight is 532 g/mol. The van der Waals surface area contributed by atoms with Crippen LogP contribution >= 0.6 is 15.9 Å². The van der Waals surface area contributed by atoms with Crippen molar-refractivity contribution in [3.63, 3.8) is 0 Å². The van der Waals surface area contributed by atoms with E-state index in [9.17, 15) is 14.4 Å². The Bertz CT molecular complexity index is 993. The van der Waals surface area contributed by atoms with Crippen LogP contribution in [0.5, 0.6) is 0 Å². The van der Waals surface area contributed by atoms with Gasteiger partial charge in [0.2, 0.25) is 17.7 Å². The summed E-state index contributed by atoms with van der Waals surface area (Å²) in [5.41, 5.74) is -0.502. The summed E-state index contributed by atoms with van der Waals surface area (Å²) in [6.45, 7) is 0.559. The van der Waals surface area contributed by atoms with E-state index in [1.54, 1.807) is 24.1 Å². The smallest absolute Gasteiger partial charge is 0.246 e. The Labute approximate surface area is 207 Å². The number of nitrogens with one attached hydrogen (secondary N) is 2. The number of rotatable bonds is 7. The number of ether oxygens (including phenoxy) is 2. The molecule has 2 saturated heterocycles. The predicted octanol–water partition coefficient (Wildman–Crippen LogP) is 2.63. The van der Waals surface area contributed by atoms with Crippen molar-refractivity contribution in [2.24, 2.45) is 11.8 Å². The van der Waals surface area contributed by atoms with Crippen LogP contribution in [0, 0.1) is 11.8 Å². The molecule has 5 atom stereocenters. The van der Waals surface area contributed by atoms with Gasteiger partial charge in [0.05, 0.1) is 24.5 Å². The lowest BCUT2D eigenvalue weighted by Crippen LogP contribution is -2.57. The van der Waals surface area contributed by atoms with Crippen LogP contribution in [0.1, 0.15) is 32.1 Å². The molecule has 2 N–H and O–H groups in total. The van der Waals surface area contributed by atoms with Crippen molar-refractivity contribution >= 4 is 39.3 Å². The van der Waals surface area contributed by atoms with Crippen molar-refractivity contribution in [2.75, 3.05) is 25.6 Å². The van der Waals surface area contributed by atoms with Crippen LogP contribution in [0.3, 0.4) is 0 Å². The third-order valence-electron chi connectivity index (χ3n) is 7.52. The molecule has 3 fully saturated rings. The van der Waals surface area contributed by atoms with Crippen LogP contribution in [0.2, 0.25) is 0 Å². The summed E-state index contributed by atoms with van der Waals surface area (Å²) in [7, 11) is 1.56. The van der Waals surface area contributed by atoms with Crippen LogP contribution in [0.25, 0.3) is 0 Å². The Balaban J connectivity index is 1.42. The van der Waals surface area contributed by atoms with Crippen molar-refractivity contribution in [2.45, 2.75) is 55.9 Å². The highest BCUT2D eigenvalue weighted by molar-refractivity contribution is 9.10. The number of methoxy groups -OCH3 is 1. The molecule has 0 aromatic heterocycles. The third kappa shape index (κ3) is 3.97. The highest BCUT2D eigenvalue weighted by atomic mass is 79.9. The summed E-state index contributed by atoms with van der Waals surface area (Å²) in [5.74, 6) is -2.19. The number of hydrogen-bond donors (Lipinski definition) is 2. The van der Waals surface area contributed by atoms with Gasteiger partial charge >= 0.3 is 0 Å². The third-order valence-corrected chi connectivity index (χ3v) is 8.05. The normalized spacial score (nSPS) is 32.2. The minimum Gasteiger partial charge on any atom is -0.383 e. The summed E-state index contributed by atoms with van der Waals surface area (Å²) in [6.07, 6.45) is 8.37. The molecule has 8 nitrogen and oxygen atoms in total. The molecule has 34 heavy (non-hydrogen) atoms. The van der Waals surface area contributed by atoms with E-state index in [0.29, 0.717) is 12.3 Å². The summed E-state index contributed by atoms with van der Waals surface area (Å²) in [5, 5.41) is 6.10. The second-order valence-corrected chi connectivity index (χ2v) is 10.5. The lowest BCUT2D eigenvalue weighted by atomic mass is 9.74. The Morgan fingerprint density at radius 3 is 2.62 bits per heavy atom. The molecule has 1 saturated carbocycles. The van der Waals surface area contributed by atoms with E-state index >= 15 is 0 Å². The zero-order valence-corrected chi connectivity index (χ0v) is 20.8. The highest BCUT2D eigenvalue weighted by Crippen LogP contribution is 2.55. The molecule has 1 aliphatic carbocycles. The number of halogens is 1. The number of carbonyl (C=O) groups excluding carboxylic acids is 3. The van der Waals surface area contributed by atoms with Crippen LogP contribution in [-0.4, -0.2) is 66.7 Å². The van der Waals surface area contributed by atoms with Crippen molar-refractivity contribution < 1.29 is 23.9 Å². The van der Waals surface area contributed by atoms with Gasteiger partial charge in [-0.15, -0.1) is 0 Å². The van der Waals surface area contributed by atoms with Gasteiger partial charge in [-0.1, -0.05) is 47.3 Å². The number of anilines is 1. The fourth-order valence-corrected chi connectivity index (χ4v) is 6.25. The molecular formula is C25H30BrN3O5. The van der Waals surface area contributed by atoms with E-state index in [0.717, 1.165) is 30.2 Å². The largest absolute Gasteiger partial charge is 0.383 e. The summed E-state index contributed by atoms with van der Waals surface area (Å²) in [4.78, 5) is 42.2. The maximum atomic E-state index is 13.7. The van der Waals surface area contributed by atoms with E-state index in [-0.39, 0.29) is 30.3 Å². The van der Waals surface area contributed by atoms with Crippen LogP contribution in [0.15, 0.2) is 40.9 Å². The monoisotopic (exact) mass is 531 g/mol. The molecule has 3 aliphatic heterocycles. The van der Waals surface area contributed by atoms with E-state index in [2.05, 4.69) is 26.6 Å². The van der Waals surface area contributed by atoms with E-state index in [1.807, 2.05) is 24.3 Å². The van der Waals surface area contributed by atoms with Crippen molar-refractivity contribution in [3.05, 3.63) is 40.9 Å². The van der Waals surface area contributed by atoms with E-state index in [1.165, 1.54) is 6.42 Å². The molecule has 182 valence electrons. The van der Waals surface area contributed by atoms with Crippen molar-refractivity contribution in [1.29, 1.82) is 0 Å². The minimum absolute atomic E-state index is 0.107. The van der Waals surface area contributed by atoms with Gasteiger partial charge in [-0.3, -0.25) is 14.4 Å². The van der Waals surface area contributed by atoms with E-state index < -0.39 is 29.6 Å². The highest BCUT2D eigenvalue weighted by Gasteiger charge is 2.72. The molecule has 5 rings (SSSR count). The molecule has 4 aliphatic rings. The Hall–Kier alpha value is -2.23. The molecule has 1 spiro atoms. The van der Waals surface area contributed by atoms with Crippen LogP contribution < -0.4 is 10.6 Å². The van der Waals surface area contributed by atoms with Gasteiger partial charge < -0.3 is 25.0 Å². The van der Waals surface area contributed by atoms with Crippen LogP contribution in [0.4, 0.5) is 5.69 Å². The zero-order valence-electron chi connectivity index (χ0n) is 19.2. The van der Waals surface area contributed by atoms with E-state index in [4.69, 9.17) is 9.47 Å². The number of fused-ring (bicyclic) bond motifs is 1. The number of nitrogens with zero attached hydrogens (tertiary/aromatic N) is 1. The summed E-state index contributed by atoms with van der Waals surface area (Å²) < 4.78 is 12.5. The van der Waals surface area contributed by atoms with Gasteiger partial charge in [-0.05, 0) is 37.1 Å². The first-order chi connectivity index (χ1) is 16.4. The second kappa shape index (κ2) is 9.43. The molecule has 1 aromatic carbocycles. The van der Waals surface area contributed by atoms with Gasteiger partial charge in [-0.25, -0.2) is 0 Å². The lowest BCUT2D eigenvalue weighted by molar-refractivity contribution is -0.142. The Morgan fingerprint density at radius 1 is 1.18 bits per heavy atom. The SMILES string of the molecule is COCCN1C(=O)[C@H]2[C@H](C(=O)Nc3ccc(Br)cc3)[C@H]3C=C[C@@]2(O3)[C@@H]1C(=O)NC1CCCCC1. The fourth-order valence-electron chi connectivity index (χ4n) is 5.98. The van der Waals surface area contributed by atoms with Gasteiger partial charge in [0.25, 0.3) is 0 Å². The first-order valence-electron chi connectivity index (χ1n) is 12.0. The number of carbonyl (C=O) groups is 3. The van der Waals surface area contributed by atoms with Gasteiger partial charge in [-0.2, -0.15) is 0 Å². The molecular weight excluding hydrogens is 502 g/mol. The molecule has 0 radical (unpaired) electrons. The number of likely N-dealkylation sites (tertiary alicyclic amines) is 1. The molecule has 3 heterocycles.